The van der Waals surface area contributed by atoms with Crippen molar-refractivity contribution in [3.8, 4) is 0 Å². The SMILES string of the molecule is CC(CN)CC(=O)Nc1cccc(CN(C)C)c1. The maximum atomic E-state index is 11.7. The van der Waals surface area contributed by atoms with Gasteiger partial charge in [-0.1, -0.05) is 19.1 Å². The third-order valence-electron chi connectivity index (χ3n) is 2.65. The van der Waals surface area contributed by atoms with E-state index < -0.39 is 0 Å². The Hall–Kier alpha value is -1.39. The topological polar surface area (TPSA) is 58.4 Å². The Bertz CT molecular complexity index is 390. The number of carbonyl (C=O) groups excluding carboxylic acids is 1. The van der Waals surface area contributed by atoms with Crippen LogP contribution in [0.4, 0.5) is 5.69 Å². The molecule has 0 radical (unpaired) electrons. The number of nitrogens with two attached hydrogens (primary N) is 1. The summed E-state index contributed by atoms with van der Waals surface area (Å²) in [6.07, 6.45) is 0.467. The molecule has 18 heavy (non-hydrogen) atoms. The lowest BCUT2D eigenvalue weighted by Gasteiger charge is -2.12. The maximum absolute atomic E-state index is 11.7. The fourth-order valence-corrected chi connectivity index (χ4v) is 1.72. The van der Waals surface area contributed by atoms with Crippen LogP contribution in [0.2, 0.25) is 0 Å². The number of hydrogen-bond donors (Lipinski definition) is 2. The molecule has 0 aliphatic rings. The average molecular weight is 249 g/mol. The lowest BCUT2D eigenvalue weighted by molar-refractivity contribution is -0.116. The molecule has 1 rings (SSSR count). The average Bonchev–Trinajstić information content (AvgIpc) is 2.28. The highest BCUT2D eigenvalue weighted by atomic mass is 16.1. The number of nitrogens with zero attached hydrogens (tertiary/aromatic N) is 1. The van der Waals surface area contributed by atoms with Crippen LogP contribution in [0.15, 0.2) is 24.3 Å². The summed E-state index contributed by atoms with van der Waals surface area (Å²) in [4.78, 5) is 13.8. The predicted molar refractivity (Wildman–Crippen MR) is 75.3 cm³/mol. The second-order valence-corrected chi connectivity index (χ2v) is 5.03. The standard InChI is InChI=1S/C14H23N3O/c1-11(9-15)7-14(18)16-13-6-4-5-12(8-13)10-17(2)3/h4-6,8,11H,7,9-10,15H2,1-3H3,(H,16,18). The molecule has 0 aliphatic carbocycles. The van der Waals surface area contributed by atoms with E-state index >= 15 is 0 Å². The highest BCUT2D eigenvalue weighted by molar-refractivity contribution is 5.90. The minimum Gasteiger partial charge on any atom is -0.330 e. The first-order chi connectivity index (χ1) is 8.51. The van der Waals surface area contributed by atoms with Crippen molar-refractivity contribution in [1.29, 1.82) is 0 Å². The summed E-state index contributed by atoms with van der Waals surface area (Å²) in [7, 11) is 4.04. The van der Waals surface area contributed by atoms with Crippen LogP contribution in [0.25, 0.3) is 0 Å². The van der Waals surface area contributed by atoms with Crippen molar-refractivity contribution in [2.75, 3.05) is 26.0 Å². The summed E-state index contributed by atoms with van der Waals surface area (Å²) in [5.74, 6) is 0.241. The molecule has 3 N–H and O–H groups in total. The fraction of sp³-hybridized carbons (Fsp3) is 0.500. The number of rotatable bonds is 6. The highest BCUT2D eigenvalue weighted by Gasteiger charge is 2.08. The number of anilines is 1. The summed E-state index contributed by atoms with van der Waals surface area (Å²) >= 11 is 0. The van der Waals surface area contributed by atoms with Gasteiger partial charge >= 0.3 is 0 Å². The molecule has 100 valence electrons. The molecular weight excluding hydrogens is 226 g/mol. The molecule has 0 aromatic heterocycles. The van der Waals surface area contributed by atoms with Gasteiger partial charge in [0.05, 0.1) is 0 Å². The van der Waals surface area contributed by atoms with E-state index in [0.717, 1.165) is 12.2 Å². The molecule has 0 fully saturated rings. The first kappa shape index (κ1) is 14.7. The van der Waals surface area contributed by atoms with Gasteiger partial charge in [0.25, 0.3) is 0 Å². The molecule has 1 amide bonds. The number of amides is 1. The Morgan fingerprint density at radius 2 is 2.17 bits per heavy atom. The summed E-state index contributed by atoms with van der Waals surface area (Å²) in [5, 5.41) is 2.91. The van der Waals surface area contributed by atoms with Gasteiger partial charge in [0.2, 0.25) is 5.91 Å². The number of nitrogens with one attached hydrogen (secondary N) is 1. The third-order valence-corrected chi connectivity index (χ3v) is 2.65. The Labute approximate surface area is 109 Å². The minimum atomic E-state index is 0.0231. The van der Waals surface area contributed by atoms with Gasteiger partial charge in [-0.15, -0.1) is 0 Å². The van der Waals surface area contributed by atoms with Crippen LogP contribution in [0, 0.1) is 5.92 Å². The molecule has 4 nitrogen and oxygen atoms in total. The van der Waals surface area contributed by atoms with Gasteiger partial charge < -0.3 is 16.0 Å². The van der Waals surface area contributed by atoms with E-state index in [2.05, 4.69) is 16.3 Å². The molecule has 0 spiro atoms. The van der Waals surface area contributed by atoms with Crippen LogP contribution in [0.3, 0.4) is 0 Å². The van der Waals surface area contributed by atoms with E-state index in [4.69, 9.17) is 5.73 Å². The highest BCUT2D eigenvalue weighted by Crippen LogP contribution is 2.13. The molecule has 0 aliphatic heterocycles. The third kappa shape index (κ3) is 5.29. The van der Waals surface area contributed by atoms with E-state index in [1.165, 1.54) is 5.56 Å². The van der Waals surface area contributed by atoms with Crippen LogP contribution in [0.1, 0.15) is 18.9 Å². The van der Waals surface area contributed by atoms with Gasteiger partial charge in [0.1, 0.15) is 0 Å². The summed E-state index contributed by atoms with van der Waals surface area (Å²) in [6.45, 7) is 3.37. The van der Waals surface area contributed by atoms with E-state index in [0.29, 0.717) is 13.0 Å². The zero-order chi connectivity index (χ0) is 13.5. The van der Waals surface area contributed by atoms with Crippen molar-refractivity contribution in [1.82, 2.24) is 4.90 Å². The van der Waals surface area contributed by atoms with Crippen molar-refractivity contribution in [3.63, 3.8) is 0 Å². The molecule has 4 heteroatoms. The first-order valence-electron chi connectivity index (χ1n) is 6.25. The smallest absolute Gasteiger partial charge is 0.224 e. The molecule has 0 saturated heterocycles. The van der Waals surface area contributed by atoms with Crippen LogP contribution in [0.5, 0.6) is 0 Å². The van der Waals surface area contributed by atoms with Crippen molar-refractivity contribution in [3.05, 3.63) is 29.8 Å². The van der Waals surface area contributed by atoms with Gasteiger partial charge in [0, 0.05) is 18.7 Å². The Morgan fingerprint density at radius 3 is 2.78 bits per heavy atom. The molecule has 0 heterocycles. The number of hydrogen-bond acceptors (Lipinski definition) is 3. The monoisotopic (exact) mass is 249 g/mol. The van der Waals surface area contributed by atoms with Crippen LogP contribution >= 0.6 is 0 Å². The van der Waals surface area contributed by atoms with Gasteiger partial charge in [-0.25, -0.2) is 0 Å². The Kier molecular flexibility index (Phi) is 5.82. The Balaban J connectivity index is 2.59. The second kappa shape index (κ2) is 7.13. The van der Waals surface area contributed by atoms with E-state index in [-0.39, 0.29) is 11.8 Å². The summed E-state index contributed by atoms with van der Waals surface area (Å²) in [5.41, 5.74) is 7.54. The normalized spacial score (nSPS) is 12.5. The van der Waals surface area contributed by atoms with Crippen molar-refractivity contribution in [2.45, 2.75) is 19.9 Å². The first-order valence-corrected chi connectivity index (χ1v) is 6.25. The molecule has 1 aromatic carbocycles. The van der Waals surface area contributed by atoms with E-state index in [1.807, 2.05) is 39.2 Å². The van der Waals surface area contributed by atoms with Gasteiger partial charge in [-0.05, 0) is 44.3 Å². The molecule has 1 aromatic rings. The summed E-state index contributed by atoms with van der Waals surface area (Å²) in [6, 6.07) is 7.92. The quantitative estimate of drug-likeness (QED) is 0.806. The zero-order valence-corrected chi connectivity index (χ0v) is 11.4. The molecule has 0 bridgehead atoms. The molecule has 0 saturated carbocycles. The number of carbonyl (C=O) groups is 1. The van der Waals surface area contributed by atoms with Crippen LogP contribution in [-0.2, 0) is 11.3 Å². The van der Waals surface area contributed by atoms with Gasteiger partial charge in [-0.2, -0.15) is 0 Å². The minimum absolute atomic E-state index is 0.0231. The van der Waals surface area contributed by atoms with Crippen molar-refractivity contribution >= 4 is 11.6 Å². The van der Waals surface area contributed by atoms with Crippen LogP contribution < -0.4 is 11.1 Å². The van der Waals surface area contributed by atoms with Gasteiger partial charge in [-0.3, -0.25) is 4.79 Å². The molecule has 1 unspecified atom stereocenters. The van der Waals surface area contributed by atoms with Gasteiger partial charge in [0.15, 0.2) is 0 Å². The predicted octanol–water partition coefficient (Wildman–Crippen LogP) is 1.67. The number of benzene rings is 1. The zero-order valence-electron chi connectivity index (χ0n) is 11.4. The van der Waals surface area contributed by atoms with Crippen molar-refractivity contribution < 1.29 is 4.79 Å². The molecule has 1 atom stereocenters. The van der Waals surface area contributed by atoms with Crippen molar-refractivity contribution in [2.24, 2.45) is 11.7 Å². The lowest BCUT2D eigenvalue weighted by atomic mass is 10.1. The largest absolute Gasteiger partial charge is 0.330 e. The summed E-state index contributed by atoms with van der Waals surface area (Å²) < 4.78 is 0. The second-order valence-electron chi connectivity index (χ2n) is 5.03. The fourth-order valence-electron chi connectivity index (χ4n) is 1.72. The van der Waals surface area contributed by atoms with Crippen LogP contribution in [-0.4, -0.2) is 31.4 Å². The Morgan fingerprint density at radius 1 is 1.44 bits per heavy atom. The van der Waals surface area contributed by atoms with E-state index in [9.17, 15) is 4.79 Å². The van der Waals surface area contributed by atoms with E-state index in [1.54, 1.807) is 0 Å². The molecular formula is C14H23N3O. The lowest BCUT2D eigenvalue weighted by Crippen LogP contribution is -2.20. The maximum Gasteiger partial charge on any atom is 0.224 e.